The molecular weight excluding hydrogens is 245 g/mol. The van der Waals surface area contributed by atoms with E-state index < -0.39 is 0 Å². The maximum Gasteiger partial charge on any atom is 0.165 e. The molecule has 0 unspecified atom stereocenters. The summed E-state index contributed by atoms with van der Waals surface area (Å²) in [6.07, 6.45) is 0. The quantitative estimate of drug-likeness (QED) is 0.922. The Morgan fingerprint density at radius 3 is 2.68 bits per heavy atom. The largest absolute Gasteiger partial charge is 0.494 e. The summed E-state index contributed by atoms with van der Waals surface area (Å²) < 4.78 is 20.1. The summed E-state index contributed by atoms with van der Waals surface area (Å²) in [5.74, 6) is -0.119. The average molecular weight is 263 g/mol. The lowest BCUT2D eigenvalue weighted by Crippen LogP contribution is -2.03. The fourth-order valence-corrected chi connectivity index (χ4v) is 2.03. The van der Waals surface area contributed by atoms with Crippen molar-refractivity contribution >= 4 is 5.69 Å². The van der Waals surface area contributed by atoms with E-state index in [-0.39, 0.29) is 11.6 Å². The van der Waals surface area contributed by atoms with E-state index in [1.807, 2.05) is 25.6 Å². The molecule has 0 aliphatic rings. The monoisotopic (exact) mass is 263 g/mol. The number of halogens is 1. The fourth-order valence-electron chi connectivity index (χ4n) is 2.03. The number of benzene rings is 1. The second-order valence-corrected chi connectivity index (χ2v) is 4.48. The van der Waals surface area contributed by atoms with Crippen LogP contribution in [-0.2, 0) is 13.6 Å². The molecular formula is C14H18FN3O. The highest BCUT2D eigenvalue weighted by Gasteiger charge is 2.09. The summed E-state index contributed by atoms with van der Waals surface area (Å²) in [6, 6.07) is 4.74. The minimum absolute atomic E-state index is 0.240. The van der Waals surface area contributed by atoms with Gasteiger partial charge in [0, 0.05) is 36.6 Å². The molecule has 0 atom stereocenters. The van der Waals surface area contributed by atoms with Crippen molar-refractivity contribution in [2.75, 3.05) is 12.4 Å². The van der Waals surface area contributed by atoms with Crippen LogP contribution >= 0.6 is 0 Å². The van der Waals surface area contributed by atoms with Crippen LogP contribution in [0.3, 0.4) is 0 Å². The van der Waals surface area contributed by atoms with Crippen molar-refractivity contribution in [3.63, 3.8) is 0 Å². The molecule has 0 aliphatic carbocycles. The van der Waals surface area contributed by atoms with E-state index in [1.165, 1.54) is 13.2 Å². The zero-order valence-electron chi connectivity index (χ0n) is 11.6. The number of rotatable bonds is 4. The Kier molecular flexibility index (Phi) is 3.74. The molecule has 0 spiro atoms. The first-order chi connectivity index (χ1) is 9.02. The highest BCUT2D eigenvalue weighted by Crippen LogP contribution is 2.22. The van der Waals surface area contributed by atoms with Crippen LogP contribution in [0.15, 0.2) is 18.2 Å². The fraction of sp³-hybridized carbons (Fsp3) is 0.357. The number of aromatic nitrogens is 2. The molecule has 4 nitrogen and oxygen atoms in total. The molecule has 1 aromatic carbocycles. The molecule has 0 bridgehead atoms. The summed E-state index contributed by atoms with van der Waals surface area (Å²) in [7, 11) is 3.38. The first-order valence-corrected chi connectivity index (χ1v) is 6.09. The van der Waals surface area contributed by atoms with Crippen molar-refractivity contribution in [2.45, 2.75) is 20.4 Å². The van der Waals surface area contributed by atoms with Gasteiger partial charge in [-0.05, 0) is 26.0 Å². The van der Waals surface area contributed by atoms with Crippen LogP contribution in [0.1, 0.15) is 17.0 Å². The van der Waals surface area contributed by atoms with Crippen LogP contribution in [-0.4, -0.2) is 16.9 Å². The van der Waals surface area contributed by atoms with Gasteiger partial charge in [0.25, 0.3) is 0 Å². The molecule has 5 heteroatoms. The maximum atomic E-state index is 13.3. The smallest absolute Gasteiger partial charge is 0.165 e. The second kappa shape index (κ2) is 5.30. The molecule has 0 saturated carbocycles. The van der Waals surface area contributed by atoms with Gasteiger partial charge >= 0.3 is 0 Å². The van der Waals surface area contributed by atoms with E-state index >= 15 is 0 Å². The summed E-state index contributed by atoms with van der Waals surface area (Å²) in [6.45, 7) is 4.66. The van der Waals surface area contributed by atoms with Crippen LogP contribution in [0, 0.1) is 19.7 Å². The Balaban J connectivity index is 2.14. The molecule has 0 radical (unpaired) electrons. The third kappa shape index (κ3) is 2.70. The lowest BCUT2D eigenvalue weighted by Gasteiger charge is -2.09. The zero-order chi connectivity index (χ0) is 14.0. The highest BCUT2D eigenvalue weighted by atomic mass is 19.1. The summed E-state index contributed by atoms with van der Waals surface area (Å²) in [4.78, 5) is 0. The van der Waals surface area contributed by atoms with Gasteiger partial charge in [0.15, 0.2) is 11.6 Å². The Bertz CT molecular complexity index is 593. The standard InChI is InChI=1S/C14H18FN3O/c1-9-12(10(2)18(3)17-9)8-16-11-5-6-13(15)14(7-11)19-4/h5-7,16H,8H2,1-4H3. The van der Waals surface area contributed by atoms with Crippen molar-refractivity contribution in [3.8, 4) is 5.75 Å². The van der Waals surface area contributed by atoms with E-state index in [0.717, 1.165) is 22.6 Å². The van der Waals surface area contributed by atoms with Gasteiger partial charge in [0.1, 0.15) is 0 Å². The molecule has 19 heavy (non-hydrogen) atoms. The molecule has 2 aromatic rings. The van der Waals surface area contributed by atoms with Crippen molar-refractivity contribution in [3.05, 3.63) is 41.0 Å². The maximum absolute atomic E-state index is 13.3. The van der Waals surface area contributed by atoms with Crippen LogP contribution in [0.2, 0.25) is 0 Å². The van der Waals surface area contributed by atoms with Gasteiger partial charge in [0.2, 0.25) is 0 Å². The van der Waals surface area contributed by atoms with Crippen LogP contribution < -0.4 is 10.1 Å². The van der Waals surface area contributed by atoms with Crippen molar-refractivity contribution in [1.82, 2.24) is 9.78 Å². The molecule has 1 aromatic heterocycles. The predicted octanol–water partition coefficient (Wildman–Crippen LogP) is 2.80. The highest BCUT2D eigenvalue weighted by molar-refractivity contribution is 5.49. The SMILES string of the molecule is COc1cc(NCc2c(C)nn(C)c2C)ccc1F. The second-order valence-electron chi connectivity index (χ2n) is 4.48. The number of hydrogen-bond donors (Lipinski definition) is 1. The van der Waals surface area contributed by atoms with Crippen molar-refractivity contribution in [1.29, 1.82) is 0 Å². The number of ether oxygens (including phenoxy) is 1. The lowest BCUT2D eigenvalue weighted by atomic mass is 10.2. The number of methoxy groups -OCH3 is 1. The summed E-state index contributed by atoms with van der Waals surface area (Å²) in [5.41, 5.74) is 4.10. The van der Waals surface area contributed by atoms with Gasteiger partial charge in [0.05, 0.1) is 12.8 Å². The van der Waals surface area contributed by atoms with Gasteiger partial charge in [-0.1, -0.05) is 0 Å². The number of hydrogen-bond acceptors (Lipinski definition) is 3. The molecule has 102 valence electrons. The Morgan fingerprint density at radius 2 is 2.11 bits per heavy atom. The Hall–Kier alpha value is -2.04. The average Bonchev–Trinajstić information content (AvgIpc) is 2.63. The van der Waals surface area contributed by atoms with E-state index in [1.54, 1.807) is 12.1 Å². The van der Waals surface area contributed by atoms with Crippen LogP contribution in [0.25, 0.3) is 0 Å². The molecule has 0 aliphatic heterocycles. The summed E-state index contributed by atoms with van der Waals surface area (Å²) >= 11 is 0. The van der Waals surface area contributed by atoms with Crippen molar-refractivity contribution in [2.24, 2.45) is 7.05 Å². The zero-order valence-corrected chi connectivity index (χ0v) is 11.6. The minimum atomic E-state index is -0.359. The first-order valence-electron chi connectivity index (χ1n) is 6.09. The summed E-state index contributed by atoms with van der Waals surface area (Å²) in [5, 5.41) is 7.62. The van der Waals surface area contributed by atoms with Gasteiger partial charge in [-0.25, -0.2) is 4.39 Å². The Labute approximate surface area is 112 Å². The minimum Gasteiger partial charge on any atom is -0.494 e. The molecule has 0 fully saturated rings. The third-order valence-electron chi connectivity index (χ3n) is 3.28. The van der Waals surface area contributed by atoms with Gasteiger partial charge in [-0.2, -0.15) is 5.10 Å². The Morgan fingerprint density at radius 1 is 1.37 bits per heavy atom. The van der Waals surface area contributed by atoms with Gasteiger partial charge in [-0.15, -0.1) is 0 Å². The normalized spacial score (nSPS) is 10.6. The molecule has 1 N–H and O–H groups in total. The third-order valence-corrected chi connectivity index (χ3v) is 3.28. The predicted molar refractivity (Wildman–Crippen MR) is 73.0 cm³/mol. The first kappa shape index (κ1) is 13.4. The lowest BCUT2D eigenvalue weighted by molar-refractivity contribution is 0.387. The van der Waals surface area contributed by atoms with Crippen molar-refractivity contribution < 1.29 is 9.13 Å². The van der Waals surface area contributed by atoms with E-state index in [4.69, 9.17) is 4.74 Å². The van der Waals surface area contributed by atoms with E-state index in [9.17, 15) is 4.39 Å². The van der Waals surface area contributed by atoms with Gasteiger partial charge < -0.3 is 10.1 Å². The number of anilines is 1. The van der Waals surface area contributed by atoms with Gasteiger partial charge in [-0.3, -0.25) is 4.68 Å². The number of aryl methyl sites for hydroxylation is 2. The van der Waals surface area contributed by atoms with Crippen LogP contribution in [0.5, 0.6) is 5.75 Å². The molecule has 0 amide bonds. The number of nitrogens with zero attached hydrogens (tertiary/aromatic N) is 2. The molecule has 1 heterocycles. The molecule has 2 rings (SSSR count). The van der Waals surface area contributed by atoms with E-state index in [2.05, 4.69) is 10.4 Å². The molecule has 0 saturated heterocycles. The number of nitrogens with one attached hydrogen (secondary N) is 1. The topological polar surface area (TPSA) is 39.1 Å². The van der Waals surface area contributed by atoms with E-state index in [0.29, 0.717) is 6.54 Å². The van der Waals surface area contributed by atoms with Crippen LogP contribution in [0.4, 0.5) is 10.1 Å².